The van der Waals surface area contributed by atoms with E-state index in [0.29, 0.717) is 31.7 Å². The molecule has 2 aromatic heterocycles. The molecule has 1 amide bonds. The van der Waals surface area contributed by atoms with E-state index in [0.717, 1.165) is 46.6 Å². The van der Waals surface area contributed by atoms with Crippen molar-refractivity contribution in [1.82, 2.24) is 24.6 Å². The molecule has 0 spiro atoms. The average Bonchev–Trinajstić information content (AvgIpc) is 3.17. The summed E-state index contributed by atoms with van der Waals surface area (Å²) in [7, 11) is 1.87. The summed E-state index contributed by atoms with van der Waals surface area (Å²) >= 11 is 0. The third kappa shape index (κ3) is 5.11. The first kappa shape index (κ1) is 24.9. The predicted molar refractivity (Wildman–Crippen MR) is 139 cm³/mol. The van der Waals surface area contributed by atoms with Crippen LogP contribution in [0.2, 0.25) is 0 Å². The van der Waals surface area contributed by atoms with E-state index >= 15 is 0 Å². The minimum Gasteiger partial charge on any atom is -0.507 e. The minimum atomic E-state index is -0.179. The molecule has 0 aliphatic carbocycles. The number of hydrogen-bond donors (Lipinski definition) is 1. The first-order valence-corrected chi connectivity index (χ1v) is 12.4. The van der Waals surface area contributed by atoms with E-state index in [1.54, 1.807) is 17.2 Å². The van der Waals surface area contributed by atoms with Crippen LogP contribution in [0.4, 0.5) is 5.82 Å². The van der Waals surface area contributed by atoms with Gasteiger partial charge < -0.3 is 14.9 Å². The van der Waals surface area contributed by atoms with Gasteiger partial charge in [-0.25, -0.2) is 9.97 Å². The van der Waals surface area contributed by atoms with Crippen molar-refractivity contribution in [3.8, 4) is 5.75 Å². The van der Waals surface area contributed by atoms with E-state index in [4.69, 9.17) is 0 Å². The fourth-order valence-corrected chi connectivity index (χ4v) is 4.76. The summed E-state index contributed by atoms with van der Waals surface area (Å²) < 4.78 is 1.75. The Morgan fingerprint density at radius 2 is 1.57 bits per heavy atom. The Morgan fingerprint density at radius 3 is 2.14 bits per heavy atom. The maximum absolute atomic E-state index is 13.1. The lowest BCUT2D eigenvalue weighted by molar-refractivity contribution is -0.131. The number of hydrogen-bond acceptors (Lipinski definition) is 6. The van der Waals surface area contributed by atoms with Gasteiger partial charge in [0.1, 0.15) is 17.9 Å². The molecule has 1 N–H and O–H groups in total. The smallest absolute Gasteiger partial charge is 0.223 e. The Kier molecular flexibility index (Phi) is 6.51. The Labute approximate surface area is 208 Å². The van der Waals surface area contributed by atoms with Crippen molar-refractivity contribution in [2.75, 3.05) is 31.1 Å². The lowest BCUT2D eigenvalue weighted by Crippen LogP contribution is -2.49. The largest absolute Gasteiger partial charge is 0.507 e. The number of nitrogens with zero attached hydrogens (tertiary/aromatic N) is 6. The van der Waals surface area contributed by atoms with Gasteiger partial charge in [-0.15, -0.1) is 0 Å². The third-order valence-corrected chi connectivity index (χ3v) is 6.85. The molecule has 35 heavy (non-hydrogen) atoms. The first-order valence-electron chi connectivity index (χ1n) is 12.4. The molecule has 1 fully saturated rings. The summed E-state index contributed by atoms with van der Waals surface area (Å²) in [6, 6.07) is 4.15. The molecule has 3 aromatic rings. The molecule has 1 aliphatic heterocycles. The van der Waals surface area contributed by atoms with Crippen molar-refractivity contribution >= 4 is 22.8 Å². The molecule has 0 radical (unpaired) electrons. The zero-order valence-electron chi connectivity index (χ0n) is 22.1. The van der Waals surface area contributed by atoms with Crippen LogP contribution in [-0.4, -0.2) is 61.8 Å². The van der Waals surface area contributed by atoms with E-state index in [2.05, 4.69) is 73.6 Å². The van der Waals surface area contributed by atoms with Crippen LogP contribution in [0, 0.1) is 0 Å². The van der Waals surface area contributed by atoms with E-state index in [1.807, 2.05) is 11.9 Å². The van der Waals surface area contributed by atoms with Crippen LogP contribution in [0.1, 0.15) is 64.7 Å². The lowest BCUT2D eigenvalue weighted by Gasteiger charge is -2.35. The molecule has 1 aromatic carbocycles. The molecular weight excluding hydrogens is 440 g/mol. The Balaban J connectivity index is 1.42. The van der Waals surface area contributed by atoms with Crippen LogP contribution in [0.15, 0.2) is 24.7 Å². The summed E-state index contributed by atoms with van der Waals surface area (Å²) in [4.78, 5) is 26.1. The number of aromatic nitrogens is 4. The third-order valence-electron chi connectivity index (χ3n) is 6.85. The number of aromatic hydroxyl groups is 1. The minimum absolute atomic E-state index is 0.168. The zero-order valence-corrected chi connectivity index (χ0v) is 22.1. The van der Waals surface area contributed by atoms with Crippen LogP contribution in [0.5, 0.6) is 5.75 Å². The van der Waals surface area contributed by atoms with Gasteiger partial charge in [-0.2, -0.15) is 5.10 Å². The monoisotopic (exact) mass is 478 g/mol. The number of phenolic OH excluding ortho intramolecular Hbond substituents is 1. The maximum Gasteiger partial charge on any atom is 0.223 e. The van der Waals surface area contributed by atoms with Gasteiger partial charge in [0.25, 0.3) is 0 Å². The first-order chi connectivity index (χ1) is 16.4. The summed E-state index contributed by atoms with van der Waals surface area (Å²) in [6.07, 6.45) is 4.50. The van der Waals surface area contributed by atoms with Gasteiger partial charge in [0, 0.05) is 39.6 Å². The summed E-state index contributed by atoms with van der Waals surface area (Å²) in [5, 5.41) is 16.2. The van der Waals surface area contributed by atoms with E-state index in [9.17, 15) is 9.90 Å². The number of anilines is 1. The number of rotatable bonds is 4. The average molecular weight is 479 g/mol. The van der Waals surface area contributed by atoms with Crippen LogP contribution >= 0.6 is 0 Å². The fourth-order valence-electron chi connectivity index (χ4n) is 4.76. The number of aryl methyl sites for hydroxylation is 2. The lowest BCUT2D eigenvalue weighted by atomic mass is 9.78. The van der Waals surface area contributed by atoms with Crippen LogP contribution in [0.3, 0.4) is 0 Å². The van der Waals surface area contributed by atoms with Gasteiger partial charge in [0.05, 0.1) is 11.6 Å². The van der Waals surface area contributed by atoms with Gasteiger partial charge in [0.2, 0.25) is 5.91 Å². The molecule has 0 atom stereocenters. The normalized spacial score (nSPS) is 15.2. The number of piperazine rings is 1. The van der Waals surface area contributed by atoms with Gasteiger partial charge >= 0.3 is 0 Å². The van der Waals surface area contributed by atoms with Gasteiger partial charge in [0.15, 0.2) is 5.65 Å². The summed E-state index contributed by atoms with van der Waals surface area (Å²) in [6.45, 7) is 15.5. The Bertz CT molecular complexity index is 1190. The second-order valence-corrected chi connectivity index (χ2v) is 11.6. The van der Waals surface area contributed by atoms with Gasteiger partial charge in [-0.05, 0) is 33.9 Å². The molecule has 8 heteroatoms. The highest BCUT2D eigenvalue weighted by Crippen LogP contribution is 2.40. The number of fused-ring (bicyclic) bond motifs is 1. The molecule has 0 bridgehead atoms. The van der Waals surface area contributed by atoms with Crippen LogP contribution in [0.25, 0.3) is 11.0 Å². The van der Waals surface area contributed by atoms with Crippen molar-refractivity contribution in [3.05, 3.63) is 41.3 Å². The van der Waals surface area contributed by atoms with Gasteiger partial charge in [-0.1, -0.05) is 53.7 Å². The van der Waals surface area contributed by atoms with E-state index in [1.165, 1.54) is 0 Å². The molecule has 0 unspecified atom stereocenters. The standard InChI is InChI=1S/C27H38N6O2/c1-26(2,3)20-14-18(15-21(23(20)35)27(4,5)6)8-9-22(34)32-10-12-33(13-11-32)25-19-16-30-31(7)24(19)28-17-29-25/h14-17,35H,8-13H2,1-7H3. The molecule has 8 nitrogen and oxygen atoms in total. The predicted octanol–water partition coefficient (Wildman–Crippen LogP) is 3.95. The maximum atomic E-state index is 13.1. The van der Waals surface area contributed by atoms with Crippen molar-refractivity contribution < 1.29 is 9.90 Å². The van der Waals surface area contributed by atoms with E-state index < -0.39 is 0 Å². The van der Waals surface area contributed by atoms with Crippen molar-refractivity contribution in [2.24, 2.45) is 7.05 Å². The highest BCUT2D eigenvalue weighted by molar-refractivity contribution is 5.86. The van der Waals surface area contributed by atoms with Crippen LogP contribution in [-0.2, 0) is 29.1 Å². The zero-order chi connectivity index (χ0) is 25.5. The summed E-state index contributed by atoms with van der Waals surface area (Å²) in [5.74, 6) is 1.42. The molecular formula is C27H38N6O2. The SMILES string of the molecule is Cn1ncc2c(N3CCN(C(=O)CCc4cc(C(C)(C)C)c(O)c(C(C)(C)C)c4)CC3)ncnc21. The molecule has 1 saturated heterocycles. The van der Waals surface area contributed by atoms with Crippen molar-refractivity contribution in [3.63, 3.8) is 0 Å². The number of amides is 1. The second kappa shape index (κ2) is 9.13. The highest BCUT2D eigenvalue weighted by atomic mass is 16.3. The number of phenols is 1. The van der Waals surface area contributed by atoms with Crippen molar-refractivity contribution in [1.29, 1.82) is 0 Å². The topological polar surface area (TPSA) is 87.4 Å². The van der Waals surface area contributed by atoms with Crippen LogP contribution < -0.4 is 4.90 Å². The summed E-state index contributed by atoms with van der Waals surface area (Å²) in [5.41, 5.74) is 3.43. The molecule has 188 valence electrons. The highest BCUT2D eigenvalue weighted by Gasteiger charge is 2.27. The quantitative estimate of drug-likeness (QED) is 0.611. The molecule has 1 aliphatic rings. The molecule has 3 heterocycles. The second-order valence-electron chi connectivity index (χ2n) is 11.6. The fraction of sp³-hybridized carbons (Fsp3) is 0.556. The Morgan fingerprint density at radius 1 is 0.971 bits per heavy atom. The van der Waals surface area contributed by atoms with Gasteiger partial charge in [-0.3, -0.25) is 9.48 Å². The number of carbonyl (C=O) groups excluding carboxylic acids is 1. The molecule has 4 rings (SSSR count). The number of carbonyl (C=O) groups is 1. The van der Waals surface area contributed by atoms with Crippen molar-refractivity contribution in [2.45, 2.75) is 65.2 Å². The number of benzene rings is 1. The molecule has 0 saturated carbocycles. The Hall–Kier alpha value is -3.16. The van der Waals surface area contributed by atoms with E-state index in [-0.39, 0.29) is 16.7 Å².